The van der Waals surface area contributed by atoms with Crippen LogP contribution in [-0.4, -0.2) is 59.1 Å². The zero-order chi connectivity index (χ0) is 27.7. The Morgan fingerprint density at radius 2 is 1.82 bits per heavy atom. The van der Waals surface area contributed by atoms with Crippen molar-refractivity contribution >= 4 is 29.1 Å². The molecule has 0 aliphatic carbocycles. The van der Waals surface area contributed by atoms with Crippen LogP contribution in [0.25, 0.3) is 11.3 Å². The first-order valence-corrected chi connectivity index (χ1v) is 12.9. The third kappa shape index (κ3) is 5.22. The molecule has 0 bridgehead atoms. The quantitative estimate of drug-likeness (QED) is 0.369. The maximum Gasteiger partial charge on any atom is 0.256 e. The van der Waals surface area contributed by atoms with Crippen molar-refractivity contribution in [3.8, 4) is 11.3 Å². The average Bonchev–Trinajstić information content (AvgIpc) is 2.94. The number of nitrogens with zero attached hydrogens (tertiary/aromatic N) is 6. The van der Waals surface area contributed by atoms with E-state index in [0.717, 1.165) is 17.4 Å². The van der Waals surface area contributed by atoms with Gasteiger partial charge in [0, 0.05) is 64.3 Å². The van der Waals surface area contributed by atoms with E-state index in [2.05, 4.69) is 9.97 Å². The van der Waals surface area contributed by atoms with Gasteiger partial charge in [0.1, 0.15) is 0 Å². The fourth-order valence-corrected chi connectivity index (χ4v) is 5.02. The summed E-state index contributed by atoms with van der Waals surface area (Å²) in [6.45, 7) is 1.17. The van der Waals surface area contributed by atoms with Crippen LogP contribution >= 0.6 is 11.6 Å². The number of pyridine rings is 1. The Morgan fingerprint density at radius 3 is 2.51 bits per heavy atom. The Hall–Kier alpha value is -4.24. The number of amides is 1. The third-order valence-electron chi connectivity index (χ3n) is 6.98. The van der Waals surface area contributed by atoms with Gasteiger partial charge in [-0.3, -0.25) is 19.1 Å². The third-order valence-corrected chi connectivity index (χ3v) is 7.31. The smallest absolute Gasteiger partial charge is 0.256 e. The van der Waals surface area contributed by atoms with Gasteiger partial charge in [-0.2, -0.15) is 0 Å². The van der Waals surface area contributed by atoms with Gasteiger partial charge in [0.25, 0.3) is 11.5 Å². The second-order valence-corrected chi connectivity index (χ2v) is 10.0. The molecular weight excluding hydrogens is 519 g/mol. The average molecular weight is 547 g/mol. The summed E-state index contributed by atoms with van der Waals surface area (Å²) in [6, 6.07) is 17.5. The molecule has 39 heavy (non-hydrogen) atoms. The number of benzene rings is 2. The van der Waals surface area contributed by atoms with E-state index in [1.54, 1.807) is 31.3 Å². The molecule has 1 fully saturated rings. The number of carbonyl (C=O) groups is 1. The van der Waals surface area contributed by atoms with Crippen molar-refractivity contribution < 1.29 is 9.18 Å². The number of anilines is 2. The van der Waals surface area contributed by atoms with Crippen molar-refractivity contribution in [1.29, 1.82) is 0 Å². The van der Waals surface area contributed by atoms with Crippen LogP contribution in [0.15, 0.2) is 77.9 Å². The summed E-state index contributed by atoms with van der Waals surface area (Å²) in [4.78, 5) is 40.9. The molecule has 0 radical (unpaired) electrons. The summed E-state index contributed by atoms with van der Waals surface area (Å²) in [5, 5.41) is 0.391. The van der Waals surface area contributed by atoms with E-state index in [-0.39, 0.29) is 28.8 Å². The molecule has 4 aromatic rings. The Morgan fingerprint density at radius 1 is 1.08 bits per heavy atom. The summed E-state index contributed by atoms with van der Waals surface area (Å²) < 4.78 is 15.9. The van der Waals surface area contributed by atoms with Crippen LogP contribution in [0.3, 0.4) is 0 Å². The summed E-state index contributed by atoms with van der Waals surface area (Å²) in [5.74, 6) is -0.330. The van der Waals surface area contributed by atoms with Gasteiger partial charge in [0.05, 0.1) is 28.5 Å². The number of aromatic nitrogens is 3. The second-order valence-electron chi connectivity index (χ2n) is 9.62. The lowest BCUT2D eigenvalue weighted by Gasteiger charge is -2.42. The molecule has 1 atom stereocenters. The predicted molar refractivity (Wildman–Crippen MR) is 151 cm³/mol. The van der Waals surface area contributed by atoms with Gasteiger partial charge in [-0.1, -0.05) is 35.9 Å². The molecule has 200 valence electrons. The van der Waals surface area contributed by atoms with Crippen molar-refractivity contribution in [3.05, 3.63) is 105 Å². The number of hydrogen-bond acceptors (Lipinski definition) is 6. The minimum atomic E-state index is -0.557. The highest BCUT2D eigenvalue weighted by Crippen LogP contribution is 2.32. The first-order chi connectivity index (χ1) is 18.7. The van der Waals surface area contributed by atoms with E-state index in [1.807, 2.05) is 53.1 Å². The number of piperazine rings is 1. The molecule has 2 aromatic heterocycles. The highest BCUT2D eigenvalue weighted by atomic mass is 35.5. The second kappa shape index (κ2) is 10.9. The van der Waals surface area contributed by atoms with E-state index in [1.165, 1.54) is 22.9 Å². The van der Waals surface area contributed by atoms with Gasteiger partial charge >= 0.3 is 0 Å². The molecule has 0 unspecified atom stereocenters. The van der Waals surface area contributed by atoms with Gasteiger partial charge in [-0.05, 0) is 35.9 Å². The molecular formula is C29H28ClFN6O2. The topological polar surface area (TPSA) is 74.6 Å². The molecule has 0 N–H and O–H groups in total. The van der Waals surface area contributed by atoms with Crippen molar-refractivity contribution in [3.63, 3.8) is 0 Å². The van der Waals surface area contributed by atoms with E-state index in [9.17, 15) is 14.0 Å². The van der Waals surface area contributed by atoms with Crippen molar-refractivity contribution in [2.45, 2.75) is 6.04 Å². The predicted octanol–water partition coefficient (Wildman–Crippen LogP) is 4.40. The zero-order valence-corrected chi connectivity index (χ0v) is 22.6. The van der Waals surface area contributed by atoms with E-state index < -0.39 is 5.82 Å². The molecule has 10 heteroatoms. The van der Waals surface area contributed by atoms with Crippen molar-refractivity contribution in [2.75, 3.05) is 43.5 Å². The number of rotatable bonds is 5. The van der Waals surface area contributed by atoms with Crippen LogP contribution in [0.1, 0.15) is 22.0 Å². The number of hydrogen-bond donors (Lipinski definition) is 0. The van der Waals surface area contributed by atoms with Crippen LogP contribution in [0.2, 0.25) is 5.02 Å². The molecule has 3 heterocycles. The van der Waals surface area contributed by atoms with Crippen LogP contribution in [-0.2, 0) is 7.05 Å². The van der Waals surface area contributed by atoms with Crippen molar-refractivity contribution in [1.82, 2.24) is 19.4 Å². The van der Waals surface area contributed by atoms with Gasteiger partial charge < -0.3 is 14.7 Å². The van der Waals surface area contributed by atoms with Crippen LogP contribution < -0.4 is 15.4 Å². The highest BCUT2D eigenvalue weighted by molar-refractivity contribution is 6.33. The largest absolute Gasteiger partial charge is 0.378 e. The molecule has 8 nitrogen and oxygen atoms in total. The molecule has 1 aliphatic heterocycles. The van der Waals surface area contributed by atoms with Crippen LogP contribution in [0, 0.1) is 5.82 Å². The first kappa shape index (κ1) is 26.4. The Bertz CT molecular complexity index is 1570. The van der Waals surface area contributed by atoms with Crippen molar-refractivity contribution in [2.24, 2.45) is 7.05 Å². The lowest BCUT2D eigenvalue weighted by Crippen LogP contribution is -2.52. The van der Waals surface area contributed by atoms with E-state index in [0.29, 0.717) is 36.2 Å². The SMILES string of the molecule is CN(C)c1ccc([C@H]2CN(c3nc(-c4ccncc4F)cc(=O)n3C)CCN2C(=O)c2ccccc2Cl)cc1. The fraction of sp³-hybridized carbons (Fsp3) is 0.241. The standard InChI is InChI=1S/C29H28ClFN6O2/c1-34(2)20-10-8-19(9-11-20)26-18-36(14-15-37(26)28(39)21-6-4-5-7-23(21)30)29-33-25(16-27(38)35(29)3)22-12-13-32-17-24(22)31/h4-13,16-17,26H,14-15,18H2,1-3H3/t26-/m1/s1. The zero-order valence-electron chi connectivity index (χ0n) is 21.9. The van der Waals surface area contributed by atoms with Gasteiger partial charge in [-0.25, -0.2) is 9.37 Å². The molecule has 1 aliphatic rings. The van der Waals surface area contributed by atoms with E-state index >= 15 is 0 Å². The Kier molecular flexibility index (Phi) is 7.34. The van der Waals surface area contributed by atoms with Crippen LogP contribution in [0.5, 0.6) is 0 Å². The highest BCUT2D eigenvalue weighted by Gasteiger charge is 2.34. The molecule has 5 rings (SSSR count). The van der Waals surface area contributed by atoms with Crippen LogP contribution in [0.4, 0.5) is 16.0 Å². The normalized spacial score (nSPS) is 15.4. The minimum Gasteiger partial charge on any atom is -0.378 e. The number of carbonyl (C=O) groups excluding carboxylic acids is 1. The molecule has 2 aromatic carbocycles. The molecule has 1 saturated heterocycles. The molecule has 0 saturated carbocycles. The summed E-state index contributed by atoms with van der Waals surface area (Å²) in [5.41, 5.74) is 2.52. The summed E-state index contributed by atoms with van der Waals surface area (Å²) in [7, 11) is 5.57. The minimum absolute atomic E-state index is 0.170. The maximum absolute atomic E-state index is 14.5. The summed E-state index contributed by atoms with van der Waals surface area (Å²) in [6.07, 6.45) is 2.56. The van der Waals surface area contributed by atoms with Gasteiger partial charge in [0.2, 0.25) is 5.95 Å². The Balaban J connectivity index is 1.55. The Labute approximate surface area is 230 Å². The summed E-state index contributed by atoms with van der Waals surface area (Å²) >= 11 is 6.39. The lowest BCUT2D eigenvalue weighted by molar-refractivity contribution is 0.0653. The van der Waals surface area contributed by atoms with E-state index in [4.69, 9.17) is 11.6 Å². The first-order valence-electron chi connectivity index (χ1n) is 12.5. The monoisotopic (exact) mass is 546 g/mol. The molecule has 1 amide bonds. The molecule has 0 spiro atoms. The van der Waals surface area contributed by atoms with Gasteiger partial charge in [0.15, 0.2) is 5.82 Å². The fourth-order valence-electron chi connectivity index (χ4n) is 4.81. The lowest BCUT2D eigenvalue weighted by atomic mass is 10.0. The van der Waals surface area contributed by atoms with Gasteiger partial charge in [-0.15, -0.1) is 0 Å². The maximum atomic E-state index is 14.5. The number of halogens is 2.